The van der Waals surface area contributed by atoms with Gasteiger partial charge in [0.1, 0.15) is 5.82 Å². The molecule has 0 N–H and O–H groups in total. The van der Waals surface area contributed by atoms with E-state index in [0.717, 1.165) is 16.7 Å². The molecule has 0 radical (unpaired) electrons. The first-order valence-electron chi connectivity index (χ1n) is 10.0. The fourth-order valence-electron chi connectivity index (χ4n) is 3.23. The summed E-state index contributed by atoms with van der Waals surface area (Å²) in [7, 11) is 1.43. The molecular formula is C25H17ClFNO5S. The number of methoxy groups -OCH3 is 1. The maximum atomic E-state index is 14.0. The van der Waals surface area contributed by atoms with Gasteiger partial charge in [-0.1, -0.05) is 48.0 Å². The van der Waals surface area contributed by atoms with Crippen LogP contribution in [-0.4, -0.2) is 29.1 Å². The number of nitrogens with zero attached hydrogens (tertiary/aromatic N) is 1. The second-order valence-electron chi connectivity index (χ2n) is 7.14. The maximum absolute atomic E-state index is 14.0. The molecule has 6 nitrogen and oxygen atoms in total. The van der Waals surface area contributed by atoms with Gasteiger partial charge in [-0.25, -0.2) is 9.18 Å². The topological polar surface area (TPSA) is 72.9 Å². The van der Waals surface area contributed by atoms with Crippen LogP contribution in [0.15, 0.2) is 71.6 Å². The Bertz CT molecular complexity index is 1330. The molecule has 1 heterocycles. The van der Waals surface area contributed by atoms with E-state index >= 15 is 0 Å². The van der Waals surface area contributed by atoms with E-state index in [9.17, 15) is 18.8 Å². The van der Waals surface area contributed by atoms with E-state index in [1.165, 1.54) is 43.5 Å². The highest BCUT2D eigenvalue weighted by Crippen LogP contribution is 2.36. The molecule has 172 valence electrons. The molecule has 3 aromatic carbocycles. The lowest BCUT2D eigenvalue weighted by atomic mass is 10.1. The SMILES string of the molecule is COc1ccc(/C=C2\SC(=O)N(Cc3ccccc3F)C2=O)cc1OC(=O)c1ccccc1Cl. The van der Waals surface area contributed by atoms with Crippen LogP contribution in [0.1, 0.15) is 21.5 Å². The molecule has 0 aliphatic carbocycles. The van der Waals surface area contributed by atoms with E-state index in [0.29, 0.717) is 11.3 Å². The van der Waals surface area contributed by atoms with Crippen molar-refractivity contribution in [1.82, 2.24) is 4.90 Å². The van der Waals surface area contributed by atoms with Crippen molar-refractivity contribution in [2.45, 2.75) is 6.54 Å². The maximum Gasteiger partial charge on any atom is 0.345 e. The van der Waals surface area contributed by atoms with Crippen molar-refractivity contribution in [3.8, 4) is 11.5 Å². The van der Waals surface area contributed by atoms with E-state index in [4.69, 9.17) is 21.1 Å². The van der Waals surface area contributed by atoms with Gasteiger partial charge in [-0.15, -0.1) is 0 Å². The van der Waals surface area contributed by atoms with Crippen molar-refractivity contribution in [2.24, 2.45) is 0 Å². The number of rotatable bonds is 6. The van der Waals surface area contributed by atoms with Gasteiger partial charge in [0.15, 0.2) is 11.5 Å². The molecule has 0 atom stereocenters. The zero-order valence-corrected chi connectivity index (χ0v) is 19.4. The van der Waals surface area contributed by atoms with Gasteiger partial charge >= 0.3 is 5.97 Å². The summed E-state index contributed by atoms with van der Waals surface area (Å²) in [6.45, 7) is -0.169. The Morgan fingerprint density at radius 3 is 2.53 bits per heavy atom. The molecular weight excluding hydrogens is 481 g/mol. The molecule has 1 fully saturated rings. The molecule has 0 bridgehead atoms. The molecule has 0 spiro atoms. The molecule has 3 aromatic rings. The number of carbonyl (C=O) groups excluding carboxylic acids is 3. The van der Waals surface area contributed by atoms with E-state index in [1.807, 2.05) is 0 Å². The van der Waals surface area contributed by atoms with Gasteiger partial charge in [0, 0.05) is 5.56 Å². The van der Waals surface area contributed by atoms with Crippen LogP contribution < -0.4 is 9.47 Å². The van der Waals surface area contributed by atoms with Gasteiger partial charge in [0.05, 0.1) is 29.1 Å². The molecule has 0 aromatic heterocycles. The minimum Gasteiger partial charge on any atom is -0.493 e. The number of carbonyl (C=O) groups is 3. The highest BCUT2D eigenvalue weighted by atomic mass is 35.5. The van der Waals surface area contributed by atoms with Crippen LogP contribution in [0.3, 0.4) is 0 Å². The summed E-state index contributed by atoms with van der Waals surface area (Å²) in [5.74, 6) is -1.29. The van der Waals surface area contributed by atoms with E-state index in [1.54, 1.807) is 36.4 Å². The molecule has 34 heavy (non-hydrogen) atoms. The summed E-state index contributed by atoms with van der Waals surface area (Å²) in [5.41, 5.74) is 0.925. The first-order chi connectivity index (χ1) is 16.4. The van der Waals surface area contributed by atoms with Gasteiger partial charge < -0.3 is 9.47 Å². The summed E-state index contributed by atoms with van der Waals surface area (Å²) in [4.78, 5) is 38.9. The lowest BCUT2D eigenvalue weighted by Gasteiger charge is -2.13. The Balaban J connectivity index is 1.57. The number of ether oxygens (including phenoxy) is 2. The van der Waals surface area contributed by atoms with Crippen LogP contribution in [0.5, 0.6) is 11.5 Å². The predicted molar refractivity (Wildman–Crippen MR) is 127 cm³/mol. The highest BCUT2D eigenvalue weighted by Gasteiger charge is 2.35. The number of amides is 2. The van der Waals surface area contributed by atoms with Crippen molar-refractivity contribution in [2.75, 3.05) is 7.11 Å². The van der Waals surface area contributed by atoms with E-state index in [2.05, 4.69) is 0 Å². The molecule has 0 saturated carbocycles. The predicted octanol–water partition coefficient (Wildman–Crippen LogP) is 5.94. The number of halogens is 2. The lowest BCUT2D eigenvalue weighted by Crippen LogP contribution is -2.27. The zero-order chi connectivity index (χ0) is 24.2. The van der Waals surface area contributed by atoms with Gasteiger partial charge in [-0.3, -0.25) is 14.5 Å². The van der Waals surface area contributed by atoms with E-state index in [-0.39, 0.29) is 33.3 Å². The van der Waals surface area contributed by atoms with Crippen LogP contribution >= 0.6 is 23.4 Å². The van der Waals surface area contributed by atoms with E-state index < -0.39 is 22.9 Å². The molecule has 1 aliphatic rings. The summed E-state index contributed by atoms with van der Waals surface area (Å²) < 4.78 is 24.7. The normalized spacial score (nSPS) is 14.6. The third kappa shape index (κ3) is 4.98. The zero-order valence-electron chi connectivity index (χ0n) is 17.8. The lowest BCUT2D eigenvalue weighted by molar-refractivity contribution is -0.123. The number of hydrogen-bond donors (Lipinski definition) is 0. The van der Waals surface area contributed by atoms with Crippen molar-refractivity contribution in [3.63, 3.8) is 0 Å². The van der Waals surface area contributed by atoms with Crippen LogP contribution in [0.4, 0.5) is 9.18 Å². The average molecular weight is 498 g/mol. The molecule has 1 saturated heterocycles. The summed E-state index contributed by atoms with van der Waals surface area (Å²) in [6, 6.07) is 17.2. The van der Waals surface area contributed by atoms with Gasteiger partial charge in [-0.05, 0) is 53.7 Å². The largest absolute Gasteiger partial charge is 0.493 e. The quantitative estimate of drug-likeness (QED) is 0.238. The van der Waals surface area contributed by atoms with Crippen molar-refractivity contribution < 1.29 is 28.2 Å². The average Bonchev–Trinajstić information content (AvgIpc) is 3.08. The van der Waals surface area contributed by atoms with Gasteiger partial charge in [-0.2, -0.15) is 0 Å². The molecule has 9 heteroatoms. The van der Waals surface area contributed by atoms with Crippen LogP contribution in [-0.2, 0) is 11.3 Å². The van der Waals surface area contributed by atoms with Crippen molar-refractivity contribution in [1.29, 1.82) is 0 Å². The third-order valence-electron chi connectivity index (χ3n) is 4.94. The summed E-state index contributed by atoms with van der Waals surface area (Å²) in [5, 5.41) is -0.260. The Morgan fingerprint density at radius 1 is 1.06 bits per heavy atom. The van der Waals surface area contributed by atoms with Gasteiger partial charge in [0.2, 0.25) is 0 Å². The third-order valence-corrected chi connectivity index (χ3v) is 6.18. The first-order valence-corrected chi connectivity index (χ1v) is 11.2. The number of benzene rings is 3. The molecule has 4 rings (SSSR count). The van der Waals surface area contributed by atoms with Crippen molar-refractivity contribution >= 4 is 46.6 Å². The smallest absolute Gasteiger partial charge is 0.345 e. The fourth-order valence-corrected chi connectivity index (χ4v) is 4.28. The van der Waals surface area contributed by atoms with Gasteiger partial charge in [0.25, 0.3) is 11.1 Å². The Kier molecular flexibility index (Phi) is 7.00. The number of hydrogen-bond acceptors (Lipinski definition) is 6. The second kappa shape index (κ2) is 10.1. The monoisotopic (exact) mass is 497 g/mol. The minimum atomic E-state index is -0.675. The molecule has 1 aliphatic heterocycles. The van der Waals surface area contributed by atoms with Crippen LogP contribution in [0.2, 0.25) is 5.02 Å². The highest BCUT2D eigenvalue weighted by molar-refractivity contribution is 8.18. The van der Waals surface area contributed by atoms with Crippen LogP contribution in [0.25, 0.3) is 6.08 Å². The number of imide groups is 1. The Labute approximate surface area is 203 Å². The fraction of sp³-hybridized carbons (Fsp3) is 0.0800. The summed E-state index contributed by atoms with van der Waals surface area (Å²) >= 11 is 6.82. The summed E-state index contributed by atoms with van der Waals surface area (Å²) in [6.07, 6.45) is 1.50. The first kappa shape index (κ1) is 23.5. The standard InChI is InChI=1S/C25H17ClFNO5S/c1-32-20-11-10-15(12-21(20)33-24(30)17-7-3-4-8-18(17)26)13-22-23(29)28(25(31)34-22)14-16-6-2-5-9-19(16)27/h2-13H,14H2,1H3/b22-13-. The molecule has 2 amide bonds. The number of thioether (sulfide) groups is 1. The Morgan fingerprint density at radius 2 is 1.79 bits per heavy atom. The van der Waals surface area contributed by atoms with Crippen molar-refractivity contribution in [3.05, 3.63) is 99.2 Å². The number of esters is 1. The minimum absolute atomic E-state index is 0.117. The molecule has 0 unspecified atom stereocenters. The second-order valence-corrected chi connectivity index (χ2v) is 8.54. The Hall–Kier alpha value is -3.62. The van der Waals surface area contributed by atoms with Crippen LogP contribution in [0, 0.1) is 5.82 Å².